The summed E-state index contributed by atoms with van der Waals surface area (Å²) in [6, 6.07) is 6.85. The quantitative estimate of drug-likeness (QED) is 0.896. The van der Waals surface area contributed by atoms with Crippen LogP contribution in [0.5, 0.6) is 0 Å². The van der Waals surface area contributed by atoms with E-state index < -0.39 is 0 Å². The summed E-state index contributed by atoms with van der Waals surface area (Å²) < 4.78 is 4.85. The van der Waals surface area contributed by atoms with Gasteiger partial charge >= 0.3 is 0 Å². The maximum absolute atomic E-state index is 4.85. The lowest BCUT2D eigenvalue weighted by atomic mass is 10.1. The zero-order chi connectivity index (χ0) is 14.1. The molecule has 4 rings (SSSR count). The molecule has 2 aliphatic rings. The Morgan fingerprint density at radius 3 is 2.70 bits per heavy atom. The number of nitrogens with one attached hydrogen (secondary N) is 1. The fourth-order valence-corrected chi connectivity index (χ4v) is 3.47. The van der Waals surface area contributed by atoms with E-state index in [2.05, 4.69) is 31.5 Å². The lowest BCUT2D eigenvalue weighted by molar-refractivity contribution is 0.0983. The van der Waals surface area contributed by atoms with Crippen LogP contribution in [0.4, 0.5) is 0 Å². The van der Waals surface area contributed by atoms with E-state index in [-0.39, 0.29) is 24.8 Å². The van der Waals surface area contributed by atoms with E-state index in [9.17, 15) is 0 Å². The maximum Gasteiger partial charge on any atom is 0.139 e. The first-order chi connectivity index (χ1) is 10.4. The normalized spacial score (nSPS) is 22.7. The molecule has 0 spiro atoms. The van der Waals surface area contributed by atoms with Crippen molar-refractivity contribution in [3.63, 3.8) is 0 Å². The molecular weight excluding hydrogens is 337 g/mol. The summed E-state index contributed by atoms with van der Waals surface area (Å²) in [6.45, 7) is 7.84. The molecule has 1 aromatic carbocycles. The number of hydrogen-bond acceptors (Lipinski definition) is 6. The summed E-state index contributed by atoms with van der Waals surface area (Å²) in [6.07, 6.45) is 1.30. The fraction of sp³-hybridized carbons (Fsp3) is 0.600. The van der Waals surface area contributed by atoms with E-state index in [0.717, 1.165) is 43.3 Å². The van der Waals surface area contributed by atoms with E-state index in [4.69, 9.17) is 4.63 Å². The highest BCUT2D eigenvalue weighted by Crippen LogP contribution is 2.18. The first kappa shape index (κ1) is 18.4. The van der Waals surface area contributed by atoms with E-state index in [1.165, 1.54) is 31.6 Å². The second-order valence-electron chi connectivity index (χ2n) is 6.01. The number of hydrogen-bond donors (Lipinski definition) is 1. The van der Waals surface area contributed by atoms with Crippen molar-refractivity contribution in [1.29, 1.82) is 0 Å². The number of nitrogens with zero attached hydrogens (tertiary/aromatic N) is 4. The molecule has 1 unspecified atom stereocenters. The van der Waals surface area contributed by atoms with Gasteiger partial charge in [-0.05, 0) is 34.9 Å². The first-order valence-corrected chi connectivity index (χ1v) is 7.77. The summed E-state index contributed by atoms with van der Waals surface area (Å²) in [7, 11) is 0. The smallest absolute Gasteiger partial charge is 0.139 e. The number of halogens is 2. The summed E-state index contributed by atoms with van der Waals surface area (Å²) in [5.41, 5.74) is 2.97. The number of aromatic nitrogens is 2. The van der Waals surface area contributed by atoms with Crippen molar-refractivity contribution in [3.8, 4) is 0 Å². The van der Waals surface area contributed by atoms with Gasteiger partial charge in [0.25, 0.3) is 0 Å². The Kier molecular flexibility index (Phi) is 6.61. The van der Waals surface area contributed by atoms with Crippen LogP contribution in [-0.2, 0) is 6.54 Å². The van der Waals surface area contributed by atoms with Gasteiger partial charge in [-0.15, -0.1) is 24.8 Å². The van der Waals surface area contributed by atoms with Gasteiger partial charge in [0.15, 0.2) is 0 Å². The molecule has 1 N–H and O–H groups in total. The second kappa shape index (κ2) is 8.26. The number of benzene rings is 1. The molecule has 2 aromatic rings. The number of fused-ring (bicyclic) bond motifs is 1. The van der Waals surface area contributed by atoms with Crippen molar-refractivity contribution in [2.45, 2.75) is 19.0 Å². The Labute approximate surface area is 148 Å². The van der Waals surface area contributed by atoms with E-state index in [0.29, 0.717) is 0 Å². The Morgan fingerprint density at radius 1 is 1.13 bits per heavy atom. The van der Waals surface area contributed by atoms with Gasteiger partial charge in [0.1, 0.15) is 11.0 Å². The Morgan fingerprint density at radius 2 is 1.96 bits per heavy atom. The van der Waals surface area contributed by atoms with Crippen molar-refractivity contribution in [3.05, 3.63) is 23.8 Å². The zero-order valence-electron chi connectivity index (χ0n) is 13.0. The van der Waals surface area contributed by atoms with Gasteiger partial charge in [0.2, 0.25) is 0 Å². The fourth-order valence-electron chi connectivity index (χ4n) is 3.47. The van der Waals surface area contributed by atoms with E-state index in [1.807, 2.05) is 12.1 Å². The van der Waals surface area contributed by atoms with Crippen molar-refractivity contribution in [1.82, 2.24) is 25.4 Å². The van der Waals surface area contributed by atoms with Crippen LogP contribution in [0.2, 0.25) is 0 Å². The molecule has 3 heterocycles. The monoisotopic (exact) mass is 359 g/mol. The molecule has 1 atom stereocenters. The predicted octanol–water partition coefficient (Wildman–Crippen LogP) is 1.55. The Bertz CT molecular complexity index is 609. The van der Waals surface area contributed by atoms with Gasteiger partial charge in [-0.3, -0.25) is 9.80 Å². The van der Waals surface area contributed by atoms with Gasteiger partial charge in [0, 0.05) is 45.3 Å². The average Bonchev–Trinajstić information content (AvgIpc) is 3.20. The summed E-state index contributed by atoms with van der Waals surface area (Å²) in [5, 5.41) is 11.4. The predicted molar refractivity (Wildman–Crippen MR) is 94.4 cm³/mol. The lowest BCUT2D eigenvalue weighted by Gasteiger charge is -2.37. The molecule has 6 nitrogen and oxygen atoms in total. The zero-order valence-corrected chi connectivity index (χ0v) is 14.6. The lowest BCUT2D eigenvalue weighted by Crippen LogP contribution is -2.50. The second-order valence-corrected chi connectivity index (χ2v) is 6.01. The highest BCUT2D eigenvalue weighted by molar-refractivity contribution is 5.85. The molecule has 8 heteroatoms. The summed E-state index contributed by atoms with van der Waals surface area (Å²) in [4.78, 5) is 5.14. The van der Waals surface area contributed by atoms with Crippen LogP contribution in [0.3, 0.4) is 0 Å². The van der Waals surface area contributed by atoms with Gasteiger partial charge in [-0.2, -0.15) is 0 Å². The minimum atomic E-state index is 0. The van der Waals surface area contributed by atoms with Crippen LogP contribution < -0.4 is 5.32 Å². The molecule has 0 bridgehead atoms. The minimum Gasteiger partial charge on any atom is -0.315 e. The van der Waals surface area contributed by atoms with Crippen molar-refractivity contribution < 1.29 is 4.63 Å². The highest BCUT2D eigenvalue weighted by Gasteiger charge is 2.26. The van der Waals surface area contributed by atoms with Crippen LogP contribution in [0.25, 0.3) is 11.0 Å². The molecule has 1 aromatic heterocycles. The van der Waals surface area contributed by atoms with Crippen LogP contribution in [0.15, 0.2) is 22.8 Å². The summed E-state index contributed by atoms with van der Waals surface area (Å²) in [5.74, 6) is 0. The van der Waals surface area contributed by atoms with Gasteiger partial charge < -0.3 is 5.32 Å². The molecule has 2 aliphatic heterocycles. The summed E-state index contributed by atoms with van der Waals surface area (Å²) >= 11 is 0. The molecule has 0 saturated carbocycles. The van der Waals surface area contributed by atoms with Crippen molar-refractivity contribution in [2.24, 2.45) is 0 Å². The molecule has 0 amide bonds. The molecule has 2 saturated heterocycles. The molecule has 0 radical (unpaired) electrons. The third-order valence-electron chi connectivity index (χ3n) is 4.72. The van der Waals surface area contributed by atoms with Gasteiger partial charge in [0.05, 0.1) is 0 Å². The van der Waals surface area contributed by atoms with E-state index in [1.54, 1.807) is 0 Å². The highest BCUT2D eigenvalue weighted by atomic mass is 35.5. The van der Waals surface area contributed by atoms with Gasteiger partial charge in [-0.1, -0.05) is 12.1 Å². The molecule has 2 fully saturated rings. The van der Waals surface area contributed by atoms with Crippen LogP contribution >= 0.6 is 24.8 Å². The Hall–Kier alpha value is -0.920. The minimum absolute atomic E-state index is 0. The largest absolute Gasteiger partial charge is 0.315 e. The average molecular weight is 360 g/mol. The third kappa shape index (κ3) is 3.95. The molecule has 0 aliphatic carbocycles. The van der Waals surface area contributed by atoms with E-state index >= 15 is 0 Å². The maximum atomic E-state index is 4.85. The third-order valence-corrected chi connectivity index (χ3v) is 4.72. The SMILES string of the molecule is Cl.Cl.c1cc(CN2CCN(C3CCNC3)CC2)c2nonc2c1. The standard InChI is InChI=1S/C15H21N5O.2ClH/c1-2-12(15-14(3-1)17-21-18-15)11-19-6-8-20(9-7-19)13-4-5-16-10-13;;/h1-3,13,16H,4-11H2;2*1H. The van der Waals surface area contributed by atoms with Crippen molar-refractivity contribution >= 4 is 35.8 Å². The molecule has 128 valence electrons. The topological polar surface area (TPSA) is 57.4 Å². The molecular formula is C15H23Cl2N5O. The van der Waals surface area contributed by atoms with Crippen molar-refractivity contribution in [2.75, 3.05) is 39.3 Å². The molecule has 23 heavy (non-hydrogen) atoms. The van der Waals surface area contributed by atoms with Crippen LogP contribution in [0.1, 0.15) is 12.0 Å². The van der Waals surface area contributed by atoms with Gasteiger partial charge in [-0.25, -0.2) is 4.63 Å². The number of piperazine rings is 1. The first-order valence-electron chi connectivity index (χ1n) is 7.77. The Balaban J connectivity index is 0.000000960. The number of rotatable bonds is 3. The van der Waals surface area contributed by atoms with Crippen LogP contribution in [-0.4, -0.2) is 65.4 Å². The van der Waals surface area contributed by atoms with Crippen LogP contribution in [0, 0.1) is 0 Å².